The summed E-state index contributed by atoms with van der Waals surface area (Å²) in [7, 11) is 0. The second-order valence-corrected chi connectivity index (χ2v) is 3.33. The molecule has 0 aromatic rings. The van der Waals surface area contributed by atoms with Crippen molar-refractivity contribution in [2.45, 2.75) is 26.7 Å². The van der Waals surface area contributed by atoms with E-state index < -0.39 is 0 Å². The van der Waals surface area contributed by atoms with Crippen LogP contribution in [-0.4, -0.2) is 0 Å². The number of rotatable bonds is 1. The summed E-state index contributed by atoms with van der Waals surface area (Å²) in [5.74, 6) is 0. The van der Waals surface area contributed by atoms with Crippen molar-refractivity contribution in [2.24, 2.45) is 0 Å². The van der Waals surface area contributed by atoms with Crippen LogP contribution in [0.15, 0.2) is 21.1 Å². The molecule has 1 aliphatic carbocycles. The van der Waals surface area contributed by atoms with E-state index in [4.69, 9.17) is 0 Å². The van der Waals surface area contributed by atoms with Crippen molar-refractivity contribution in [3.8, 4) is 0 Å². The van der Waals surface area contributed by atoms with E-state index in [0.717, 1.165) is 0 Å². The van der Waals surface area contributed by atoms with Gasteiger partial charge in [0.2, 0.25) is 0 Å². The molecule has 0 aliphatic heterocycles. The van der Waals surface area contributed by atoms with Crippen LogP contribution in [0, 0.1) is 0 Å². The normalized spacial score (nSPS) is 18.6. The minimum absolute atomic E-state index is 1.19. The van der Waals surface area contributed by atoms with Crippen LogP contribution < -0.4 is 0 Å². The first-order valence-corrected chi connectivity index (χ1v) is 4.14. The first kappa shape index (κ1) is 7.30. The molecule has 0 fully saturated rings. The quantitative estimate of drug-likeness (QED) is 0.510. The predicted octanol–water partition coefficient (Wildman–Crippen LogP) is 2.55. The van der Waals surface area contributed by atoms with Gasteiger partial charge in [0.15, 0.2) is 0 Å². The van der Waals surface area contributed by atoms with Gasteiger partial charge in [-0.05, 0) is 0 Å². The van der Waals surface area contributed by atoms with Crippen LogP contribution in [0.25, 0.3) is 0 Å². The molecule has 0 aromatic heterocycles. The Bertz CT molecular complexity index is 175. The first-order chi connectivity index (χ1) is 4.25. The van der Waals surface area contributed by atoms with Crippen molar-refractivity contribution in [1.82, 2.24) is 0 Å². The van der Waals surface area contributed by atoms with E-state index in [1.165, 1.54) is 18.4 Å². The van der Waals surface area contributed by atoms with Gasteiger partial charge >= 0.3 is 68.2 Å². The van der Waals surface area contributed by atoms with Gasteiger partial charge in [-0.2, -0.15) is 0 Å². The average Bonchev–Trinajstić information content (AvgIpc) is 2.15. The molecule has 0 saturated heterocycles. The van der Waals surface area contributed by atoms with Crippen molar-refractivity contribution >= 4 is 0 Å². The Labute approximate surface area is 68.4 Å². The van der Waals surface area contributed by atoms with Gasteiger partial charge in [-0.25, -0.2) is 0 Å². The van der Waals surface area contributed by atoms with Gasteiger partial charge in [0, 0.05) is 0 Å². The predicted molar refractivity (Wildman–Crippen MR) is 35.7 cm³/mol. The van der Waals surface area contributed by atoms with Crippen molar-refractivity contribution in [1.29, 1.82) is 0 Å². The molecule has 0 radical (unpaired) electrons. The monoisotopic (exact) mass is 155 g/mol. The van der Waals surface area contributed by atoms with Crippen LogP contribution in [0.5, 0.6) is 0 Å². The summed E-state index contributed by atoms with van der Waals surface area (Å²) in [5, 5.41) is 0. The maximum absolute atomic E-state index is 2.34. The molecule has 0 amide bonds. The third kappa shape index (κ3) is 1.36. The number of hydrogen-bond donors (Lipinski definition) is 0. The Hall–Kier alpha value is 0.194. The summed E-state index contributed by atoms with van der Waals surface area (Å²) in [6, 6.07) is 0. The van der Waals surface area contributed by atoms with Gasteiger partial charge < -0.3 is 0 Å². The van der Waals surface area contributed by atoms with Gasteiger partial charge in [0.1, 0.15) is 0 Å². The van der Waals surface area contributed by atoms with Gasteiger partial charge in [0.25, 0.3) is 0 Å². The van der Waals surface area contributed by atoms with E-state index in [0.29, 0.717) is 0 Å². The summed E-state index contributed by atoms with van der Waals surface area (Å²) < 4.78 is 1.55. The molecule has 0 nitrogen and oxygen atoms in total. The summed E-state index contributed by atoms with van der Waals surface area (Å²) in [6.45, 7) is 4.44. The molecule has 9 heavy (non-hydrogen) atoms. The molecular formula is C8H11Ti. The molecule has 1 aliphatic rings. The summed E-state index contributed by atoms with van der Waals surface area (Å²) in [4.78, 5) is 0. The van der Waals surface area contributed by atoms with E-state index in [2.05, 4.69) is 40.4 Å². The number of allylic oxidation sites excluding steroid dienone is 4. The van der Waals surface area contributed by atoms with E-state index in [1.54, 1.807) is 9.45 Å². The summed E-state index contributed by atoms with van der Waals surface area (Å²) in [5.41, 5.74) is 3.07. The minimum atomic E-state index is 1.19. The fourth-order valence-electron chi connectivity index (χ4n) is 1.13. The van der Waals surface area contributed by atoms with Gasteiger partial charge in [0.05, 0.1) is 0 Å². The van der Waals surface area contributed by atoms with Crippen LogP contribution >= 0.6 is 0 Å². The average molecular weight is 155 g/mol. The Balaban J connectivity index is 2.79. The molecule has 1 rings (SSSR count). The zero-order valence-corrected chi connectivity index (χ0v) is 7.55. The zero-order valence-electron chi connectivity index (χ0n) is 5.99. The van der Waals surface area contributed by atoms with Crippen LogP contribution in [0.3, 0.4) is 0 Å². The van der Waals surface area contributed by atoms with Gasteiger partial charge in [-0.1, -0.05) is 0 Å². The van der Waals surface area contributed by atoms with Crippen molar-refractivity contribution in [2.75, 3.05) is 0 Å². The molecule has 0 spiro atoms. The molecule has 1 heteroatoms. The Morgan fingerprint density at radius 3 is 2.56 bits per heavy atom. The molecule has 0 bridgehead atoms. The summed E-state index contributed by atoms with van der Waals surface area (Å²) >= 11 is 2.22. The Morgan fingerprint density at radius 2 is 2.33 bits per heavy atom. The van der Waals surface area contributed by atoms with Crippen molar-refractivity contribution in [3.05, 3.63) is 21.1 Å². The van der Waals surface area contributed by atoms with Gasteiger partial charge in [-0.15, -0.1) is 0 Å². The maximum atomic E-state index is 2.34. The summed E-state index contributed by atoms with van der Waals surface area (Å²) in [6.07, 6.45) is 4.73. The van der Waals surface area contributed by atoms with Crippen LogP contribution in [-0.2, 0) is 20.4 Å². The molecule has 0 heterocycles. The first-order valence-electron chi connectivity index (χ1n) is 3.36. The fourth-order valence-corrected chi connectivity index (χ4v) is 1.54. The Kier molecular flexibility index (Phi) is 2.31. The van der Waals surface area contributed by atoms with Crippen molar-refractivity contribution < 1.29 is 20.4 Å². The van der Waals surface area contributed by atoms with Crippen LogP contribution in [0.2, 0.25) is 0 Å². The SMILES string of the molecule is CCC1=CC[C]([Ti])=C1C. The Morgan fingerprint density at radius 1 is 1.67 bits per heavy atom. The van der Waals surface area contributed by atoms with Crippen molar-refractivity contribution in [3.63, 3.8) is 0 Å². The molecule has 0 unspecified atom stereocenters. The second kappa shape index (κ2) is 2.85. The molecule has 47 valence electrons. The van der Waals surface area contributed by atoms with E-state index in [1.807, 2.05) is 0 Å². The van der Waals surface area contributed by atoms with E-state index in [-0.39, 0.29) is 0 Å². The second-order valence-electron chi connectivity index (χ2n) is 2.39. The third-order valence-corrected chi connectivity index (χ3v) is 2.77. The van der Waals surface area contributed by atoms with E-state index in [9.17, 15) is 0 Å². The van der Waals surface area contributed by atoms with Crippen LogP contribution in [0.1, 0.15) is 26.7 Å². The molecular weight excluding hydrogens is 144 g/mol. The zero-order chi connectivity index (χ0) is 6.85. The standard InChI is InChI=1S/C8H11.Ti/c1-3-8-6-4-5-7(8)2;/h6H,3-4H2,1-2H3;. The van der Waals surface area contributed by atoms with Gasteiger partial charge in [-0.3, -0.25) is 0 Å². The van der Waals surface area contributed by atoms with E-state index >= 15 is 0 Å². The van der Waals surface area contributed by atoms with Crippen LogP contribution in [0.4, 0.5) is 0 Å². The molecule has 0 saturated carbocycles. The number of hydrogen-bond acceptors (Lipinski definition) is 0. The molecule has 0 aromatic carbocycles. The third-order valence-electron chi connectivity index (χ3n) is 1.87. The fraction of sp³-hybridized carbons (Fsp3) is 0.500. The molecule has 0 N–H and O–H groups in total. The molecule has 0 atom stereocenters. The topological polar surface area (TPSA) is 0 Å².